The molecule has 0 bridgehead atoms. The summed E-state index contributed by atoms with van der Waals surface area (Å²) in [5.41, 5.74) is 5.04. The average molecular weight is 693 g/mol. The minimum Gasteiger partial charge on any atom is -0.489 e. The Hall–Kier alpha value is -6.05. The summed E-state index contributed by atoms with van der Waals surface area (Å²) in [4.78, 5) is 14.5. The van der Waals surface area contributed by atoms with E-state index < -0.39 is 12.2 Å². The van der Waals surface area contributed by atoms with Crippen molar-refractivity contribution in [3.63, 3.8) is 0 Å². The van der Waals surface area contributed by atoms with Gasteiger partial charge in [0.2, 0.25) is 5.78 Å². The Morgan fingerprint density at radius 1 is 0.519 bits per heavy atom. The van der Waals surface area contributed by atoms with Crippen LogP contribution in [0.15, 0.2) is 152 Å². The van der Waals surface area contributed by atoms with Gasteiger partial charge in [0, 0.05) is 18.7 Å². The summed E-state index contributed by atoms with van der Waals surface area (Å²) in [7, 11) is 0. The zero-order valence-corrected chi connectivity index (χ0v) is 29.0. The average Bonchev–Trinajstić information content (AvgIpc) is 3.20. The topological polar surface area (TPSA) is 72.5 Å². The van der Waals surface area contributed by atoms with Crippen LogP contribution in [0.4, 0.5) is 0 Å². The van der Waals surface area contributed by atoms with E-state index in [2.05, 4.69) is 0 Å². The van der Waals surface area contributed by atoms with E-state index in [9.17, 15) is 4.79 Å². The van der Waals surface area contributed by atoms with Gasteiger partial charge in [-0.15, -0.1) is 0 Å². The van der Waals surface area contributed by atoms with E-state index in [0.29, 0.717) is 66.3 Å². The van der Waals surface area contributed by atoms with Gasteiger partial charge in [-0.3, -0.25) is 4.79 Å². The number of carbonyl (C=O) groups excluding carboxylic acids is 1. The summed E-state index contributed by atoms with van der Waals surface area (Å²) < 4.78 is 38.1. The molecule has 0 N–H and O–H groups in total. The third-order valence-corrected chi connectivity index (χ3v) is 8.68. The maximum Gasteiger partial charge on any atom is 0.203 e. The number of benzene rings is 6. The molecule has 7 heteroatoms. The quantitative estimate of drug-likeness (QED) is 0.106. The van der Waals surface area contributed by atoms with Gasteiger partial charge in [0.15, 0.2) is 23.7 Å². The molecule has 0 amide bonds. The van der Waals surface area contributed by atoms with Gasteiger partial charge in [-0.2, -0.15) is 0 Å². The second-order valence-electron chi connectivity index (χ2n) is 12.4. The Bertz CT molecular complexity index is 2050. The fraction of sp³-hybridized carbons (Fsp3) is 0.178. The second kappa shape index (κ2) is 16.8. The van der Waals surface area contributed by atoms with E-state index >= 15 is 0 Å². The molecule has 6 aromatic rings. The number of Topliss-reactive ketones (excluding diaryl/α,β-unsaturated/α-hetero) is 1. The third-order valence-electron chi connectivity index (χ3n) is 8.68. The molecule has 1 aliphatic rings. The molecule has 0 saturated carbocycles. The lowest BCUT2D eigenvalue weighted by molar-refractivity contribution is -0.0181. The number of carbonyl (C=O) groups is 1. The molecular weight excluding hydrogens is 652 g/mol. The zero-order chi connectivity index (χ0) is 35.5. The highest BCUT2D eigenvalue weighted by atomic mass is 16.6. The first kappa shape index (κ1) is 34.4. The van der Waals surface area contributed by atoms with Crippen LogP contribution < -0.4 is 23.7 Å². The molecule has 52 heavy (non-hydrogen) atoms. The molecule has 7 nitrogen and oxygen atoms in total. The highest BCUT2D eigenvalue weighted by Crippen LogP contribution is 2.45. The Balaban J connectivity index is 1.22. The number of hydrogen-bond acceptors (Lipinski definition) is 7. The van der Waals surface area contributed by atoms with E-state index in [1.165, 1.54) is 0 Å². The molecule has 0 aromatic heterocycles. The van der Waals surface area contributed by atoms with E-state index in [0.717, 1.165) is 22.3 Å². The van der Waals surface area contributed by atoms with Crippen molar-refractivity contribution >= 4 is 5.78 Å². The molecule has 0 radical (unpaired) electrons. The minimum atomic E-state index is -0.939. The van der Waals surface area contributed by atoms with E-state index in [1.54, 1.807) is 12.1 Å². The minimum absolute atomic E-state index is 0.234. The molecule has 2 atom stereocenters. The van der Waals surface area contributed by atoms with Crippen LogP contribution in [0.5, 0.6) is 28.7 Å². The summed E-state index contributed by atoms with van der Waals surface area (Å²) in [6.45, 7) is 3.47. The van der Waals surface area contributed by atoms with Gasteiger partial charge in [-0.05, 0) is 46.9 Å². The maximum absolute atomic E-state index is 14.5. The number of fused-ring (bicyclic) bond motifs is 1. The fourth-order valence-corrected chi connectivity index (χ4v) is 6.04. The zero-order valence-electron chi connectivity index (χ0n) is 29.0. The maximum atomic E-state index is 14.5. The molecule has 7 rings (SSSR count). The molecule has 262 valence electrons. The van der Waals surface area contributed by atoms with Crippen molar-refractivity contribution in [1.82, 2.24) is 0 Å². The first-order chi connectivity index (χ1) is 25.6. The monoisotopic (exact) mass is 692 g/mol. The Morgan fingerprint density at radius 3 is 1.52 bits per heavy atom. The molecule has 2 unspecified atom stereocenters. The Morgan fingerprint density at radius 2 is 1.00 bits per heavy atom. The van der Waals surface area contributed by atoms with Crippen molar-refractivity contribution < 1.29 is 33.2 Å². The summed E-state index contributed by atoms with van der Waals surface area (Å²) in [6, 6.07) is 48.7. The smallest absolute Gasteiger partial charge is 0.203 e. The molecular formula is C45H40O7. The van der Waals surface area contributed by atoms with Crippen LogP contribution in [0.25, 0.3) is 0 Å². The summed E-state index contributed by atoms with van der Waals surface area (Å²) in [5.74, 6) is 2.11. The molecule has 0 saturated heterocycles. The lowest BCUT2D eigenvalue weighted by Gasteiger charge is -2.34. The van der Waals surface area contributed by atoms with Gasteiger partial charge in [-0.25, -0.2) is 0 Å². The first-order valence-corrected chi connectivity index (χ1v) is 17.5. The van der Waals surface area contributed by atoms with Gasteiger partial charge in [0.25, 0.3) is 0 Å². The van der Waals surface area contributed by atoms with Crippen molar-refractivity contribution in [3.8, 4) is 28.7 Å². The predicted molar refractivity (Wildman–Crippen MR) is 199 cm³/mol. The van der Waals surface area contributed by atoms with Gasteiger partial charge in [-0.1, -0.05) is 127 Å². The predicted octanol–water partition coefficient (Wildman–Crippen LogP) is 9.72. The van der Waals surface area contributed by atoms with Crippen molar-refractivity contribution in [3.05, 3.63) is 185 Å². The van der Waals surface area contributed by atoms with Crippen LogP contribution in [0, 0.1) is 0 Å². The van der Waals surface area contributed by atoms with Crippen LogP contribution in [-0.4, -0.2) is 18.5 Å². The highest BCUT2D eigenvalue weighted by molar-refractivity contribution is 6.06. The largest absolute Gasteiger partial charge is 0.489 e. The van der Waals surface area contributed by atoms with Gasteiger partial charge >= 0.3 is 0 Å². The van der Waals surface area contributed by atoms with Crippen molar-refractivity contribution in [2.45, 2.75) is 45.6 Å². The van der Waals surface area contributed by atoms with E-state index in [1.807, 2.05) is 146 Å². The van der Waals surface area contributed by atoms with Gasteiger partial charge in [0.05, 0.1) is 0 Å². The fourth-order valence-electron chi connectivity index (χ4n) is 6.04. The van der Waals surface area contributed by atoms with E-state index in [4.69, 9.17) is 28.4 Å². The lowest BCUT2D eigenvalue weighted by atomic mass is 9.92. The summed E-state index contributed by atoms with van der Waals surface area (Å²) in [6.07, 6.45) is -1.72. The molecule has 0 fully saturated rings. The van der Waals surface area contributed by atoms with Gasteiger partial charge < -0.3 is 28.4 Å². The third kappa shape index (κ3) is 8.45. The highest BCUT2D eigenvalue weighted by Gasteiger charge is 2.42. The standard InChI is InChI=1S/C45H40O7/c1-2-47-45-43(46)42-40(51-31-35-21-13-6-14-22-35)26-37(48-28-32-15-7-3-8-16-32)27-41(42)52-44(45)36-23-24-38(49-29-33-17-9-4-10-18-33)39(25-36)50-30-34-19-11-5-12-20-34/h3-27,44-45H,2,28-31H2,1H3. The Labute approximate surface area is 304 Å². The number of ether oxygens (including phenoxy) is 6. The van der Waals surface area contributed by atoms with Crippen LogP contribution in [0.2, 0.25) is 0 Å². The molecule has 0 spiro atoms. The number of rotatable bonds is 15. The molecule has 1 aliphatic heterocycles. The SMILES string of the molecule is CCOC1C(=O)c2c(OCc3ccccc3)cc(OCc3ccccc3)cc2OC1c1ccc(OCc2ccccc2)c(OCc2ccccc2)c1. The van der Waals surface area contributed by atoms with Crippen molar-refractivity contribution in [2.24, 2.45) is 0 Å². The lowest BCUT2D eigenvalue weighted by Crippen LogP contribution is -2.39. The van der Waals surface area contributed by atoms with Crippen LogP contribution in [0.1, 0.15) is 51.2 Å². The van der Waals surface area contributed by atoms with Gasteiger partial charge in [0.1, 0.15) is 49.2 Å². The van der Waals surface area contributed by atoms with Crippen LogP contribution in [0.3, 0.4) is 0 Å². The van der Waals surface area contributed by atoms with Crippen LogP contribution >= 0.6 is 0 Å². The Kier molecular flexibility index (Phi) is 11.1. The molecule has 6 aromatic carbocycles. The second-order valence-corrected chi connectivity index (χ2v) is 12.4. The summed E-state index contributed by atoms with van der Waals surface area (Å²) >= 11 is 0. The summed E-state index contributed by atoms with van der Waals surface area (Å²) in [5, 5.41) is 0. The normalized spacial score (nSPS) is 14.9. The van der Waals surface area contributed by atoms with Crippen molar-refractivity contribution in [1.29, 1.82) is 0 Å². The molecule has 0 aliphatic carbocycles. The van der Waals surface area contributed by atoms with Crippen molar-refractivity contribution in [2.75, 3.05) is 6.61 Å². The first-order valence-electron chi connectivity index (χ1n) is 17.5. The van der Waals surface area contributed by atoms with E-state index in [-0.39, 0.29) is 12.4 Å². The molecule has 1 heterocycles. The van der Waals surface area contributed by atoms with Crippen LogP contribution in [-0.2, 0) is 31.2 Å². The number of hydrogen-bond donors (Lipinski definition) is 0. The number of ketones is 1.